The van der Waals surface area contributed by atoms with Crippen LogP contribution in [0.25, 0.3) is 0 Å². The molecule has 0 aliphatic rings. The fourth-order valence-electron chi connectivity index (χ4n) is 1.90. The second-order valence-corrected chi connectivity index (χ2v) is 4.78. The van der Waals surface area contributed by atoms with Crippen LogP contribution in [0.5, 0.6) is 5.75 Å². The third-order valence-corrected chi connectivity index (χ3v) is 3.03. The Morgan fingerprint density at radius 3 is 2.91 bits per heavy atom. The van der Waals surface area contributed by atoms with E-state index in [9.17, 15) is 4.79 Å². The molecule has 0 spiro atoms. The van der Waals surface area contributed by atoms with E-state index in [0.717, 1.165) is 17.2 Å². The average molecular weight is 318 g/mol. The molecule has 0 aliphatic carbocycles. The number of furan rings is 1. The Labute approximate surface area is 135 Å². The highest BCUT2D eigenvalue weighted by atomic mass is 16.5. The van der Waals surface area contributed by atoms with Gasteiger partial charge in [0.25, 0.3) is 0 Å². The van der Waals surface area contributed by atoms with Crippen molar-refractivity contribution in [2.45, 2.75) is 13.5 Å². The highest BCUT2D eigenvalue weighted by Gasteiger charge is 2.03. The maximum atomic E-state index is 11.8. The highest BCUT2D eigenvalue weighted by molar-refractivity contribution is 5.80. The molecule has 0 unspecified atom stereocenters. The number of ether oxygens (including phenoxy) is 2. The van der Waals surface area contributed by atoms with Gasteiger partial charge in [0.05, 0.1) is 26.0 Å². The standard InChI is InChI=1S/C17H22N2O4/c1-2-21-9-10-23-15-6-3-5-14(11-15)18-13-17(20)19-12-16-7-4-8-22-16/h3-8,11,18H,2,9-10,12-13H2,1H3,(H,19,20). The van der Waals surface area contributed by atoms with E-state index in [0.29, 0.717) is 26.4 Å². The lowest BCUT2D eigenvalue weighted by molar-refractivity contribution is -0.119. The number of hydrogen-bond acceptors (Lipinski definition) is 5. The SMILES string of the molecule is CCOCCOc1cccc(NCC(=O)NCc2ccco2)c1. The van der Waals surface area contributed by atoms with Gasteiger partial charge < -0.3 is 24.5 Å². The Balaban J connectivity index is 1.71. The molecular formula is C17H22N2O4. The van der Waals surface area contributed by atoms with Gasteiger partial charge in [-0.2, -0.15) is 0 Å². The molecule has 1 aromatic carbocycles. The van der Waals surface area contributed by atoms with E-state index in [4.69, 9.17) is 13.9 Å². The molecule has 23 heavy (non-hydrogen) atoms. The topological polar surface area (TPSA) is 72.7 Å². The number of carbonyl (C=O) groups excluding carboxylic acids is 1. The minimum Gasteiger partial charge on any atom is -0.491 e. The summed E-state index contributed by atoms with van der Waals surface area (Å²) in [6, 6.07) is 11.1. The minimum absolute atomic E-state index is 0.107. The fourth-order valence-corrected chi connectivity index (χ4v) is 1.90. The summed E-state index contributed by atoms with van der Waals surface area (Å²) in [5.41, 5.74) is 0.826. The second-order valence-electron chi connectivity index (χ2n) is 4.78. The highest BCUT2D eigenvalue weighted by Crippen LogP contribution is 2.17. The molecular weight excluding hydrogens is 296 g/mol. The summed E-state index contributed by atoms with van der Waals surface area (Å²) < 4.78 is 16.0. The molecule has 1 amide bonds. The number of rotatable bonds is 10. The first-order chi connectivity index (χ1) is 11.3. The van der Waals surface area contributed by atoms with Crippen molar-refractivity contribution in [3.05, 3.63) is 48.4 Å². The third kappa shape index (κ3) is 6.44. The van der Waals surface area contributed by atoms with Gasteiger partial charge in [0, 0.05) is 18.4 Å². The molecule has 0 atom stereocenters. The summed E-state index contributed by atoms with van der Waals surface area (Å²) in [5.74, 6) is 1.36. The summed E-state index contributed by atoms with van der Waals surface area (Å²) in [4.78, 5) is 11.8. The van der Waals surface area contributed by atoms with E-state index in [1.807, 2.05) is 37.3 Å². The number of benzene rings is 1. The molecule has 0 saturated carbocycles. The molecule has 0 fully saturated rings. The molecule has 2 N–H and O–H groups in total. The molecule has 6 nitrogen and oxygen atoms in total. The van der Waals surface area contributed by atoms with Gasteiger partial charge in [-0.1, -0.05) is 6.07 Å². The van der Waals surface area contributed by atoms with E-state index < -0.39 is 0 Å². The van der Waals surface area contributed by atoms with Crippen LogP contribution >= 0.6 is 0 Å². The zero-order valence-corrected chi connectivity index (χ0v) is 13.2. The molecule has 2 rings (SSSR count). The number of amides is 1. The van der Waals surface area contributed by atoms with E-state index in [1.54, 1.807) is 12.3 Å². The summed E-state index contributed by atoms with van der Waals surface area (Å²) in [6.07, 6.45) is 1.58. The predicted octanol–water partition coefficient (Wildman–Crippen LogP) is 2.42. The molecule has 0 radical (unpaired) electrons. The lowest BCUT2D eigenvalue weighted by atomic mass is 10.3. The molecule has 124 valence electrons. The van der Waals surface area contributed by atoms with Gasteiger partial charge in [0.1, 0.15) is 18.1 Å². The van der Waals surface area contributed by atoms with Crippen molar-refractivity contribution in [2.75, 3.05) is 31.7 Å². The first-order valence-corrected chi connectivity index (χ1v) is 7.61. The van der Waals surface area contributed by atoms with Crippen LogP contribution < -0.4 is 15.4 Å². The Morgan fingerprint density at radius 2 is 2.13 bits per heavy atom. The maximum absolute atomic E-state index is 11.8. The quantitative estimate of drug-likeness (QED) is 0.658. The molecule has 2 aromatic rings. The summed E-state index contributed by atoms with van der Waals surface area (Å²) >= 11 is 0. The van der Waals surface area contributed by atoms with E-state index >= 15 is 0 Å². The minimum atomic E-state index is -0.107. The van der Waals surface area contributed by atoms with Crippen molar-refractivity contribution in [1.82, 2.24) is 5.32 Å². The van der Waals surface area contributed by atoms with Gasteiger partial charge >= 0.3 is 0 Å². The van der Waals surface area contributed by atoms with Crippen molar-refractivity contribution < 1.29 is 18.7 Å². The lowest BCUT2D eigenvalue weighted by Crippen LogP contribution is -2.29. The van der Waals surface area contributed by atoms with Crippen LogP contribution in [-0.2, 0) is 16.1 Å². The third-order valence-electron chi connectivity index (χ3n) is 3.03. The van der Waals surface area contributed by atoms with Crippen molar-refractivity contribution in [3.63, 3.8) is 0 Å². The van der Waals surface area contributed by atoms with Gasteiger partial charge in [-0.05, 0) is 31.2 Å². The van der Waals surface area contributed by atoms with Crippen LogP contribution in [0, 0.1) is 0 Å². The number of carbonyl (C=O) groups is 1. The molecule has 1 aromatic heterocycles. The first kappa shape index (κ1) is 16.9. The van der Waals surface area contributed by atoms with Crippen LogP contribution in [0.2, 0.25) is 0 Å². The lowest BCUT2D eigenvalue weighted by Gasteiger charge is -2.10. The van der Waals surface area contributed by atoms with E-state index in [-0.39, 0.29) is 12.5 Å². The van der Waals surface area contributed by atoms with Crippen LogP contribution in [-0.4, -0.2) is 32.3 Å². The monoisotopic (exact) mass is 318 g/mol. The molecule has 0 bridgehead atoms. The average Bonchev–Trinajstić information content (AvgIpc) is 3.09. The normalized spacial score (nSPS) is 10.3. The van der Waals surface area contributed by atoms with Crippen molar-refractivity contribution in [2.24, 2.45) is 0 Å². The fraction of sp³-hybridized carbons (Fsp3) is 0.353. The van der Waals surface area contributed by atoms with Gasteiger partial charge in [-0.15, -0.1) is 0 Å². The van der Waals surface area contributed by atoms with Crippen molar-refractivity contribution >= 4 is 11.6 Å². The Kier molecular flexibility index (Phi) is 7.00. The van der Waals surface area contributed by atoms with Crippen LogP contribution in [0.3, 0.4) is 0 Å². The Bertz CT molecular complexity index is 584. The van der Waals surface area contributed by atoms with E-state index in [1.165, 1.54) is 0 Å². The number of hydrogen-bond donors (Lipinski definition) is 2. The summed E-state index contributed by atoms with van der Waals surface area (Å²) in [6.45, 7) is 4.25. The maximum Gasteiger partial charge on any atom is 0.239 e. The largest absolute Gasteiger partial charge is 0.491 e. The van der Waals surface area contributed by atoms with Gasteiger partial charge in [0.15, 0.2) is 0 Å². The second kappa shape index (κ2) is 9.53. The van der Waals surface area contributed by atoms with Gasteiger partial charge in [-0.3, -0.25) is 4.79 Å². The van der Waals surface area contributed by atoms with Crippen LogP contribution in [0.4, 0.5) is 5.69 Å². The van der Waals surface area contributed by atoms with Gasteiger partial charge in [0.2, 0.25) is 5.91 Å². The molecule has 0 aliphatic heterocycles. The molecule has 0 saturated heterocycles. The smallest absolute Gasteiger partial charge is 0.239 e. The zero-order valence-electron chi connectivity index (χ0n) is 13.2. The first-order valence-electron chi connectivity index (χ1n) is 7.61. The van der Waals surface area contributed by atoms with Crippen LogP contribution in [0.15, 0.2) is 47.1 Å². The number of nitrogens with one attached hydrogen (secondary N) is 2. The Hall–Kier alpha value is -2.47. The van der Waals surface area contributed by atoms with Crippen LogP contribution in [0.1, 0.15) is 12.7 Å². The van der Waals surface area contributed by atoms with Gasteiger partial charge in [-0.25, -0.2) is 0 Å². The zero-order chi connectivity index (χ0) is 16.3. The number of anilines is 1. The summed E-state index contributed by atoms with van der Waals surface area (Å²) in [7, 11) is 0. The molecule has 1 heterocycles. The summed E-state index contributed by atoms with van der Waals surface area (Å²) in [5, 5.41) is 5.84. The molecule has 6 heteroatoms. The predicted molar refractivity (Wildman–Crippen MR) is 87.5 cm³/mol. The Morgan fingerprint density at radius 1 is 1.22 bits per heavy atom. The van der Waals surface area contributed by atoms with Crippen molar-refractivity contribution in [1.29, 1.82) is 0 Å². The van der Waals surface area contributed by atoms with Crippen molar-refractivity contribution in [3.8, 4) is 5.75 Å². The van der Waals surface area contributed by atoms with E-state index in [2.05, 4.69) is 10.6 Å².